The number of carbonyl (C=O) groups is 1. The molecule has 0 bridgehead atoms. The van der Waals surface area contributed by atoms with Crippen LogP contribution in [0.25, 0.3) is 17.1 Å². The fraction of sp³-hybridized carbons (Fsp3) is 0.154. The molecule has 0 fully saturated rings. The normalized spacial score (nSPS) is 10.9. The van der Waals surface area contributed by atoms with Crippen LogP contribution in [0.1, 0.15) is 5.56 Å². The smallest absolute Gasteiger partial charge is 0.250 e. The Morgan fingerprint density at radius 1 is 1.00 bits per heavy atom. The lowest BCUT2D eigenvalue weighted by Gasteiger charge is -2.15. The summed E-state index contributed by atoms with van der Waals surface area (Å²) in [5.41, 5.74) is 4.97. The monoisotopic (exact) mass is 581 g/mol. The van der Waals surface area contributed by atoms with Crippen molar-refractivity contribution in [3.05, 3.63) is 76.8 Å². The maximum absolute atomic E-state index is 12.5. The number of carbonyl (C=O) groups excluding carboxylic acids is 1. The number of ether oxygens (including phenoxy) is 3. The summed E-state index contributed by atoms with van der Waals surface area (Å²) >= 11 is 4.64. The molecule has 0 aliphatic rings. The van der Waals surface area contributed by atoms with Gasteiger partial charge < -0.3 is 14.2 Å². The van der Waals surface area contributed by atoms with Gasteiger partial charge >= 0.3 is 0 Å². The number of aromatic nitrogens is 3. The van der Waals surface area contributed by atoms with Crippen LogP contribution in [0.3, 0.4) is 0 Å². The number of thioether (sulfide) groups is 1. The number of para-hydroxylation sites is 1. The van der Waals surface area contributed by atoms with Crippen LogP contribution in [0, 0.1) is 0 Å². The average molecular weight is 582 g/mol. The van der Waals surface area contributed by atoms with Gasteiger partial charge in [-0.15, -0.1) is 10.2 Å². The van der Waals surface area contributed by atoms with Crippen LogP contribution in [0.5, 0.6) is 17.2 Å². The minimum absolute atomic E-state index is 0.0951. The number of benzene rings is 3. The Kier molecular flexibility index (Phi) is 8.81. The van der Waals surface area contributed by atoms with E-state index >= 15 is 0 Å². The zero-order valence-electron chi connectivity index (χ0n) is 20.3. The number of amides is 1. The summed E-state index contributed by atoms with van der Waals surface area (Å²) in [7, 11) is 4.67. The molecule has 0 saturated carbocycles. The standard InChI is InChI=1S/C26H24BrN5O4S/c1-34-21-13-18(14-22(35-2)24(21)36-3)25-30-31-26(32(25)20-7-5-4-6-8-20)37-16-23(33)29-28-15-17-9-11-19(27)12-10-17/h4-15H,16H2,1-3H3,(H,29,33)/b28-15-. The van der Waals surface area contributed by atoms with Crippen LogP contribution in [-0.4, -0.2) is 54.0 Å². The summed E-state index contributed by atoms with van der Waals surface area (Å²) in [6, 6.07) is 20.9. The molecule has 190 valence electrons. The number of rotatable bonds is 10. The van der Waals surface area contributed by atoms with Crippen molar-refractivity contribution in [1.82, 2.24) is 20.2 Å². The zero-order valence-corrected chi connectivity index (χ0v) is 22.7. The van der Waals surface area contributed by atoms with Gasteiger partial charge in [-0.3, -0.25) is 9.36 Å². The Labute approximate surface area is 227 Å². The topological polar surface area (TPSA) is 99.9 Å². The van der Waals surface area contributed by atoms with E-state index in [-0.39, 0.29) is 11.7 Å². The van der Waals surface area contributed by atoms with Gasteiger partial charge in [0.25, 0.3) is 5.91 Å². The molecule has 11 heteroatoms. The van der Waals surface area contributed by atoms with Crippen molar-refractivity contribution in [2.24, 2.45) is 5.10 Å². The Morgan fingerprint density at radius 2 is 1.68 bits per heavy atom. The van der Waals surface area contributed by atoms with E-state index in [1.807, 2.05) is 71.3 Å². The molecule has 0 saturated heterocycles. The van der Waals surface area contributed by atoms with E-state index < -0.39 is 0 Å². The second-order valence-corrected chi connectivity index (χ2v) is 9.38. The molecule has 4 aromatic rings. The van der Waals surface area contributed by atoms with Gasteiger partial charge in [-0.2, -0.15) is 5.10 Å². The highest BCUT2D eigenvalue weighted by Crippen LogP contribution is 2.41. The summed E-state index contributed by atoms with van der Waals surface area (Å²) < 4.78 is 19.3. The van der Waals surface area contributed by atoms with Crippen LogP contribution in [0.4, 0.5) is 0 Å². The summed E-state index contributed by atoms with van der Waals surface area (Å²) in [5, 5.41) is 13.4. The molecular formula is C26H24BrN5O4S. The van der Waals surface area contributed by atoms with Crippen molar-refractivity contribution in [2.75, 3.05) is 27.1 Å². The molecule has 37 heavy (non-hydrogen) atoms. The van der Waals surface area contributed by atoms with E-state index in [2.05, 4.69) is 36.7 Å². The fourth-order valence-electron chi connectivity index (χ4n) is 3.46. The largest absolute Gasteiger partial charge is 0.493 e. The summed E-state index contributed by atoms with van der Waals surface area (Å²) in [6.07, 6.45) is 1.59. The molecular weight excluding hydrogens is 558 g/mol. The maximum Gasteiger partial charge on any atom is 0.250 e. The van der Waals surface area contributed by atoms with Gasteiger partial charge in [-0.1, -0.05) is 58.0 Å². The van der Waals surface area contributed by atoms with E-state index in [1.54, 1.807) is 27.5 Å². The van der Waals surface area contributed by atoms with Gasteiger partial charge in [0.15, 0.2) is 22.5 Å². The Balaban J connectivity index is 1.59. The lowest BCUT2D eigenvalue weighted by Crippen LogP contribution is -2.20. The minimum Gasteiger partial charge on any atom is -0.493 e. The van der Waals surface area contributed by atoms with Gasteiger partial charge in [0.1, 0.15) is 0 Å². The first-order valence-corrected chi connectivity index (χ1v) is 12.8. The molecule has 0 spiro atoms. The number of hydrogen-bond donors (Lipinski definition) is 1. The quantitative estimate of drug-likeness (QED) is 0.160. The van der Waals surface area contributed by atoms with E-state index in [9.17, 15) is 4.79 Å². The summed E-state index contributed by atoms with van der Waals surface area (Å²) in [6.45, 7) is 0. The van der Waals surface area contributed by atoms with Crippen molar-refractivity contribution in [3.63, 3.8) is 0 Å². The van der Waals surface area contributed by atoms with Gasteiger partial charge in [-0.05, 0) is 42.0 Å². The first-order valence-electron chi connectivity index (χ1n) is 11.1. The Morgan fingerprint density at radius 3 is 2.30 bits per heavy atom. The minimum atomic E-state index is -0.268. The molecule has 0 radical (unpaired) electrons. The number of hydrogen-bond acceptors (Lipinski definition) is 8. The molecule has 0 unspecified atom stereocenters. The zero-order chi connectivity index (χ0) is 26.2. The number of nitrogens with one attached hydrogen (secondary N) is 1. The number of nitrogens with zero attached hydrogens (tertiary/aromatic N) is 4. The highest BCUT2D eigenvalue weighted by Gasteiger charge is 2.21. The van der Waals surface area contributed by atoms with Crippen molar-refractivity contribution in [2.45, 2.75) is 5.16 Å². The first-order chi connectivity index (χ1) is 18.0. The van der Waals surface area contributed by atoms with Crippen molar-refractivity contribution in [1.29, 1.82) is 0 Å². The fourth-order valence-corrected chi connectivity index (χ4v) is 4.47. The Hall–Kier alpha value is -3.83. The molecule has 4 rings (SSSR count). The highest BCUT2D eigenvalue weighted by atomic mass is 79.9. The van der Waals surface area contributed by atoms with E-state index in [1.165, 1.54) is 11.8 Å². The maximum atomic E-state index is 12.5. The second-order valence-electron chi connectivity index (χ2n) is 7.52. The van der Waals surface area contributed by atoms with Crippen LogP contribution < -0.4 is 19.6 Å². The molecule has 1 aromatic heterocycles. The molecule has 0 atom stereocenters. The van der Waals surface area contributed by atoms with E-state index in [0.29, 0.717) is 33.8 Å². The average Bonchev–Trinajstić information content (AvgIpc) is 3.36. The highest BCUT2D eigenvalue weighted by molar-refractivity contribution is 9.10. The van der Waals surface area contributed by atoms with Gasteiger partial charge in [-0.25, -0.2) is 5.43 Å². The third-order valence-corrected chi connectivity index (χ3v) is 6.63. The second kappa shape index (κ2) is 12.4. The van der Waals surface area contributed by atoms with Gasteiger partial charge in [0.05, 0.1) is 33.3 Å². The molecule has 1 heterocycles. The van der Waals surface area contributed by atoms with Gasteiger partial charge in [0, 0.05) is 15.7 Å². The SMILES string of the molecule is COc1cc(-c2nnc(SCC(=O)N/N=C\c3ccc(Br)cc3)n2-c2ccccc2)cc(OC)c1OC. The molecule has 0 aliphatic heterocycles. The number of halogens is 1. The predicted octanol–water partition coefficient (Wildman–Crippen LogP) is 4.97. The van der Waals surface area contributed by atoms with Crippen LogP contribution in [0.15, 0.2) is 81.5 Å². The number of methoxy groups -OCH3 is 3. The van der Waals surface area contributed by atoms with Crippen LogP contribution in [-0.2, 0) is 4.79 Å². The Bertz CT molecular complexity index is 1370. The third-order valence-electron chi connectivity index (χ3n) is 5.18. The van der Waals surface area contributed by atoms with Crippen LogP contribution >= 0.6 is 27.7 Å². The summed E-state index contributed by atoms with van der Waals surface area (Å²) in [4.78, 5) is 12.5. The molecule has 1 N–H and O–H groups in total. The predicted molar refractivity (Wildman–Crippen MR) is 147 cm³/mol. The van der Waals surface area contributed by atoms with Crippen molar-refractivity contribution < 1.29 is 19.0 Å². The lowest BCUT2D eigenvalue weighted by atomic mass is 10.1. The third kappa shape index (κ3) is 6.30. The summed E-state index contributed by atoms with van der Waals surface area (Å²) in [5.74, 6) is 1.86. The van der Waals surface area contributed by atoms with Crippen LogP contribution in [0.2, 0.25) is 0 Å². The molecule has 1 amide bonds. The molecule has 0 aliphatic carbocycles. The lowest BCUT2D eigenvalue weighted by molar-refractivity contribution is -0.118. The van der Waals surface area contributed by atoms with Crippen molar-refractivity contribution >= 4 is 39.8 Å². The van der Waals surface area contributed by atoms with Crippen molar-refractivity contribution in [3.8, 4) is 34.3 Å². The number of hydrazone groups is 1. The first kappa shape index (κ1) is 26.2. The molecule has 9 nitrogen and oxygen atoms in total. The van der Waals surface area contributed by atoms with Gasteiger partial charge in [0.2, 0.25) is 5.75 Å². The van der Waals surface area contributed by atoms with E-state index in [0.717, 1.165) is 15.7 Å². The molecule has 3 aromatic carbocycles. The van der Waals surface area contributed by atoms with E-state index in [4.69, 9.17) is 14.2 Å².